The molecule has 0 amide bonds. The highest BCUT2D eigenvalue weighted by Gasteiger charge is 2.57. The SMILES string of the molecule is O=C(O[C@@H]1C=C[C@]23C=CC=C[C@]12CCCC3)c1cc([N+](=O)[O-])cc([N+](=O)[O-])c1. The predicted octanol–water partition coefficient (Wildman–Crippen LogP) is 4.27. The monoisotopic (exact) mass is 382 g/mol. The van der Waals surface area contributed by atoms with Crippen molar-refractivity contribution in [1.82, 2.24) is 0 Å². The number of hydrogen-bond donors (Lipinski definition) is 0. The average Bonchev–Trinajstić information content (AvgIpc) is 3.02. The molecule has 1 aromatic carbocycles. The quantitative estimate of drug-likeness (QED) is 0.333. The first kappa shape index (κ1) is 18.1. The summed E-state index contributed by atoms with van der Waals surface area (Å²) in [6.07, 6.45) is 15.5. The Kier molecular flexibility index (Phi) is 4.14. The molecule has 28 heavy (non-hydrogen) atoms. The molecule has 8 heteroatoms. The molecular weight excluding hydrogens is 364 g/mol. The van der Waals surface area contributed by atoms with Crippen LogP contribution in [0.4, 0.5) is 11.4 Å². The second kappa shape index (κ2) is 6.40. The summed E-state index contributed by atoms with van der Waals surface area (Å²) >= 11 is 0. The lowest BCUT2D eigenvalue weighted by Gasteiger charge is -2.49. The topological polar surface area (TPSA) is 113 Å². The first-order chi connectivity index (χ1) is 13.4. The van der Waals surface area contributed by atoms with Gasteiger partial charge in [-0.1, -0.05) is 43.2 Å². The third kappa shape index (κ3) is 2.64. The van der Waals surface area contributed by atoms with Crippen LogP contribution in [-0.4, -0.2) is 21.9 Å². The van der Waals surface area contributed by atoms with Crippen LogP contribution in [0.25, 0.3) is 0 Å². The Morgan fingerprint density at radius 1 is 0.964 bits per heavy atom. The van der Waals surface area contributed by atoms with Gasteiger partial charge in [-0.25, -0.2) is 4.79 Å². The van der Waals surface area contributed by atoms with E-state index < -0.39 is 33.3 Å². The Morgan fingerprint density at radius 2 is 1.61 bits per heavy atom. The number of nitro groups is 2. The van der Waals surface area contributed by atoms with Crippen LogP contribution in [0, 0.1) is 31.1 Å². The van der Waals surface area contributed by atoms with Gasteiger partial charge in [0.1, 0.15) is 6.10 Å². The zero-order valence-electron chi connectivity index (χ0n) is 14.9. The molecule has 0 radical (unpaired) electrons. The standard InChI is InChI=1S/C20H18N2O6/c23-18(14-11-15(21(24)25)13-16(12-14)22(26)27)28-17-5-10-19-6-1-3-8-20(17,19)9-4-2-7-19/h1,3,5-6,8,10-13,17H,2,4,7,9H2/t17-,19-,20+/m1/s1. The van der Waals surface area contributed by atoms with Crippen molar-refractivity contribution in [2.75, 3.05) is 0 Å². The minimum atomic E-state index is -0.805. The van der Waals surface area contributed by atoms with Gasteiger partial charge in [-0.15, -0.1) is 0 Å². The molecule has 0 saturated heterocycles. The van der Waals surface area contributed by atoms with Crippen molar-refractivity contribution < 1.29 is 19.4 Å². The first-order valence-electron chi connectivity index (χ1n) is 9.08. The second-order valence-electron chi connectivity index (χ2n) is 7.44. The minimum absolute atomic E-state index is 0.195. The van der Waals surface area contributed by atoms with Gasteiger partial charge in [-0.2, -0.15) is 0 Å². The number of allylic oxidation sites excluding steroid dienone is 4. The van der Waals surface area contributed by atoms with Crippen LogP contribution in [0.15, 0.2) is 54.7 Å². The van der Waals surface area contributed by atoms with Gasteiger partial charge < -0.3 is 4.74 Å². The summed E-state index contributed by atoms with van der Waals surface area (Å²) in [5, 5.41) is 22.1. The summed E-state index contributed by atoms with van der Waals surface area (Å²) in [6.45, 7) is 0. The molecule has 8 nitrogen and oxygen atoms in total. The maximum Gasteiger partial charge on any atom is 0.339 e. The van der Waals surface area contributed by atoms with E-state index in [4.69, 9.17) is 4.74 Å². The third-order valence-electron chi connectivity index (χ3n) is 6.07. The van der Waals surface area contributed by atoms with Crippen LogP contribution in [0.5, 0.6) is 0 Å². The summed E-state index contributed by atoms with van der Waals surface area (Å²) in [5.41, 5.74) is -1.81. The Morgan fingerprint density at radius 3 is 2.29 bits per heavy atom. The van der Waals surface area contributed by atoms with E-state index in [1.165, 1.54) is 0 Å². The Bertz CT molecular complexity index is 933. The fraction of sp³-hybridized carbons (Fsp3) is 0.350. The largest absolute Gasteiger partial charge is 0.454 e. The van der Waals surface area contributed by atoms with Crippen molar-refractivity contribution >= 4 is 17.3 Å². The minimum Gasteiger partial charge on any atom is -0.454 e. The number of ether oxygens (including phenoxy) is 1. The molecule has 3 aliphatic carbocycles. The van der Waals surface area contributed by atoms with Crippen LogP contribution >= 0.6 is 0 Å². The zero-order chi connectivity index (χ0) is 19.9. The number of esters is 1. The molecule has 1 aromatic rings. The molecule has 0 unspecified atom stereocenters. The number of nitrogens with zero attached hydrogens (tertiary/aromatic N) is 2. The summed E-state index contributed by atoms with van der Waals surface area (Å²) < 4.78 is 5.74. The summed E-state index contributed by atoms with van der Waals surface area (Å²) in [6, 6.07) is 2.85. The lowest BCUT2D eigenvalue weighted by atomic mass is 9.55. The van der Waals surface area contributed by atoms with Crippen molar-refractivity contribution in [3.05, 3.63) is 80.4 Å². The van der Waals surface area contributed by atoms with Crippen molar-refractivity contribution in [2.45, 2.75) is 31.8 Å². The molecular formula is C20H18N2O6. The fourth-order valence-corrected chi connectivity index (χ4v) is 4.71. The molecule has 0 aliphatic heterocycles. The number of non-ortho nitro benzene ring substituents is 2. The van der Waals surface area contributed by atoms with Gasteiger partial charge in [0.25, 0.3) is 11.4 Å². The zero-order valence-corrected chi connectivity index (χ0v) is 14.9. The van der Waals surface area contributed by atoms with Gasteiger partial charge in [0.2, 0.25) is 0 Å². The molecule has 144 valence electrons. The van der Waals surface area contributed by atoms with Gasteiger partial charge in [0.05, 0.1) is 21.5 Å². The third-order valence-corrected chi connectivity index (χ3v) is 6.07. The average molecular weight is 382 g/mol. The molecule has 3 atom stereocenters. The van der Waals surface area contributed by atoms with Gasteiger partial charge >= 0.3 is 5.97 Å². The van der Waals surface area contributed by atoms with Gasteiger partial charge in [-0.3, -0.25) is 20.2 Å². The second-order valence-corrected chi connectivity index (χ2v) is 7.44. The molecule has 3 aliphatic rings. The van der Waals surface area contributed by atoms with Gasteiger partial charge in [-0.05, 0) is 18.9 Å². The first-order valence-corrected chi connectivity index (χ1v) is 9.08. The number of carbonyl (C=O) groups is 1. The number of nitro benzene ring substituents is 2. The molecule has 1 saturated carbocycles. The van der Waals surface area contributed by atoms with Crippen LogP contribution < -0.4 is 0 Å². The molecule has 4 rings (SSSR count). The number of benzene rings is 1. The van der Waals surface area contributed by atoms with Crippen molar-refractivity contribution in [3.8, 4) is 0 Å². The van der Waals surface area contributed by atoms with Crippen molar-refractivity contribution in [2.24, 2.45) is 10.8 Å². The van der Waals surface area contributed by atoms with E-state index >= 15 is 0 Å². The van der Waals surface area contributed by atoms with E-state index in [0.29, 0.717) is 0 Å². The molecule has 1 fully saturated rings. The normalized spacial score (nSPS) is 29.8. The summed E-state index contributed by atoms with van der Waals surface area (Å²) in [7, 11) is 0. The lowest BCUT2D eigenvalue weighted by molar-refractivity contribution is -0.394. The van der Waals surface area contributed by atoms with Crippen LogP contribution in [-0.2, 0) is 4.74 Å². The number of hydrogen-bond acceptors (Lipinski definition) is 6. The molecule has 0 spiro atoms. The maximum absolute atomic E-state index is 12.8. The van der Waals surface area contributed by atoms with E-state index in [1.54, 1.807) is 0 Å². The predicted molar refractivity (Wildman–Crippen MR) is 99.7 cm³/mol. The summed E-state index contributed by atoms with van der Waals surface area (Å²) in [5.74, 6) is -0.805. The van der Waals surface area contributed by atoms with E-state index in [-0.39, 0.29) is 16.4 Å². The number of carbonyl (C=O) groups excluding carboxylic acids is 1. The van der Waals surface area contributed by atoms with E-state index in [0.717, 1.165) is 43.9 Å². The van der Waals surface area contributed by atoms with Crippen LogP contribution in [0.1, 0.15) is 36.0 Å². The lowest BCUT2D eigenvalue weighted by Crippen LogP contribution is -2.47. The highest BCUT2D eigenvalue weighted by molar-refractivity contribution is 5.91. The molecule has 0 N–H and O–H groups in total. The van der Waals surface area contributed by atoms with E-state index in [2.05, 4.69) is 18.2 Å². The van der Waals surface area contributed by atoms with E-state index in [9.17, 15) is 25.0 Å². The Balaban J connectivity index is 1.65. The Hall–Kier alpha value is -3.29. The smallest absolute Gasteiger partial charge is 0.339 e. The maximum atomic E-state index is 12.8. The molecule has 0 bridgehead atoms. The highest BCUT2D eigenvalue weighted by atomic mass is 16.6. The molecule has 0 heterocycles. The highest BCUT2D eigenvalue weighted by Crippen LogP contribution is 2.61. The Labute approximate surface area is 160 Å². The number of rotatable bonds is 4. The van der Waals surface area contributed by atoms with E-state index in [1.807, 2.05) is 18.2 Å². The van der Waals surface area contributed by atoms with Gasteiger partial charge in [0.15, 0.2) is 0 Å². The van der Waals surface area contributed by atoms with Crippen LogP contribution in [0.2, 0.25) is 0 Å². The van der Waals surface area contributed by atoms with Crippen molar-refractivity contribution in [1.29, 1.82) is 0 Å². The van der Waals surface area contributed by atoms with Crippen LogP contribution in [0.3, 0.4) is 0 Å². The van der Waals surface area contributed by atoms with Gasteiger partial charge in [0, 0.05) is 23.0 Å². The molecule has 0 aromatic heterocycles. The summed E-state index contributed by atoms with van der Waals surface area (Å²) in [4.78, 5) is 33.4. The van der Waals surface area contributed by atoms with Crippen molar-refractivity contribution in [3.63, 3.8) is 0 Å². The fourth-order valence-electron chi connectivity index (χ4n) is 4.71.